The van der Waals surface area contributed by atoms with Crippen LogP contribution in [0.5, 0.6) is 0 Å². The molecule has 2 heterocycles. The van der Waals surface area contributed by atoms with Crippen molar-refractivity contribution in [3.63, 3.8) is 0 Å². The van der Waals surface area contributed by atoms with E-state index in [4.69, 9.17) is 5.73 Å². The van der Waals surface area contributed by atoms with E-state index in [0.717, 1.165) is 24.4 Å². The minimum absolute atomic E-state index is 0.398. The van der Waals surface area contributed by atoms with Crippen molar-refractivity contribution in [2.45, 2.75) is 13.0 Å². The first-order valence-electron chi connectivity index (χ1n) is 7.19. The van der Waals surface area contributed by atoms with Gasteiger partial charge in [-0.15, -0.1) is 10.2 Å². The van der Waals surface area contributed by atoms with Crippen LogP contribution in [0.3, 0.4) is 0 Å². The molecule has 0 unspecified atom stereocenters. The molecule has 0 radical (unpaired) electrons. The standard InChI is InChI=1S/C16H18N6/c17-16(18-10-9-13-6-2-1-3-7-13)19-12-15-21-20-14-8-4-5-11-22(14)15/h1-8,11H,9-10,12H2,(H3,17,18,19). The van der Waals surface area contributed by atoms with Crippen molar-refractivity contribution >= 4 is 11.6 Å². The third-order valence-electron chi connectivity index (χ3n) is 3.34. The Morgan fingerprint density at radius 2 is 1.91 bits per heavy atom. The summed E-state index contributed by atoms with van der Waals surface area (Å²) < 4.78 is 1.90. The Labute approximate surface area is 128 Å². The Bertz CT molecular complexity index is 762. The minimum Gasteiger partial charge on any atom is -0.370 e. The Kier molecular flexibility index (Phi) is 4.29. The van der Waals surface area contributed by atoms with Gasteiger partial charge in [-0.3, -0.25) is 4.40 Å². The average molecular weight is 294 g/mol. The highest BCUT2D eigenvalue weighted by Gasteiger charge is 2.03. The maximum absolute atomic E-state index is 5.88. The molecule has 0 saturated heterocycles. The number of benzene rings is 1. The number of hydrogen-bond donors (Lipinski definition) is 2. The fraction of sp³-hybridized carbons (Fsp3) is 0.188. The van der Waals surface area contributed by atoms with Gasteiger partial charge < -0.3 is 11.1 Å². The van der Waals surface area contributed by atoms with Gasteiger partial charge in [-0.1, -0.05) is 36.4 Å². The third kappa shape index (κ3) is 3.41. The Morgan fingerprint density at radius 1 is 1.09 bits per heavy atom. The zero-order chi connectivity index (χ0) is 15.2. The zero-order valence-electron chi connectivity index (χ0n) is 12.2. The van der Waals surface area contributed by atoms with Crippen molar-refractivity contribution in [3.05, 3.63) is 66.1 Å². The number of hydrogen-bond acceptors (Lipinski definition) is 3. The van der Waals surface area contributed by atoms with E-state index < -0.39 is 0 Å². The van der Waals surface area contributed by atoms with E-state index in [9.17, 15) is 0 Å². The number of nitrogens with one attached hydrogen (secondary N) is 1. The van der Waals surface area contributed by atoms with E-state index in [1.165, 1.54) is 5.56 Å². The van der Waals surface area contributed by atoms with E-state index in [1.807, 2.05) is 47.0 Å². The molecule has 3 rings (SSSR count). The highest BCUT2D eigenvalue weighted by atomic mass is 15.3. The van der Waals surface area contributed by atoms with Crippen molar-refractivity contribution < 1.29 is 0 Å². The van der Waals surface area contributed by atoms with Crippen molar-refractivity contribution in [2.24, 2.45) is 10.7 Å². The predicted molar refractivity (Wildman–Crippen MR) is 86.5 cm³/mol. The largest absolute Gasteiger partial charge is 0.370 e. The first-order valence-corrected chi connectivity index (χ1v) is 7.19. The van der Waals surface area contributed by atoms with Crippen LogP contribution >= 0.6 is 0 Å². The molecule has 2 aromatic heterocycles. The molecule has 0 fully saturated rings. The number of guanidine groups is 1. The molecule has 0 spiro atoms. The summed E-state index contributed by atoms with van der Waals surface area (Å²) in [6.07, 6.45) is 2.82. The number of nitrogens with zero attached hydrogens (tertiary/aromatic N) is 4. The predicted octanol–water partition coefficient (Wildman–Crippen LogP) is 1.38. The molecule has 6 heteroatoms. The molecule has 6 nitrogen and oxygen atoms in total. The van der Waals surface area contributed by atoms with Gasteiger partial charge in [0.25, 0.3) is 0 Å². The lowest BCUT2D eigenvalue weighted by molar-refractivity contribution is 0.829. The fourth-order valence-electron chi connectivity index (χ4n) is 2.19. The maximum Gasteiger partial charge on any atom is 0.189 e. The lowest BCUT2D eigenvalue weighted by Gasteiger charge is -2.05. The number of nitrogens with two attached hydrogens (primary N) is 1. The number of aromatic nitrogens is 3. The summed E-state index contributed by atoms with van der Waals surface area (Å²) in [7, 11) is 0. The average Bonchev–Trinajstić information content (AvgIpc) is 2.97. The first-order chi connectivity index (χ1) is 10.8. The quantitative estimate of drug-likeness (QED) is 0.550. The topological polar surface area (TPSA) is 80.6 Å². The summed E-state index contributed by atoms with van der Waals surface area (Å²) in [4.78, 5) is 4.31. The molecular weight excluding hydrogens is 276 g/mol. The normalized spacial score (nSPS) is 11.7. The van der Waals surface area contributed by atoms with Gasteiger partial charge in [0.2, 0.25) is 0 Å². The van der Waals surface area contributed by atoms with E-state index in [0.29, 0.717) is 12.5 Å². The number of fused-ring (bicyclic) bond motifs is 1. The smallest absolute Gasteiger partial charge is 0.189 e. The molecule has 0 aliphatic carbocycles. The molecule has 3 N–H and O–H groups in total. The highest BCUT2D eigenvalue weighted by Crippen LogP contribution is 2.03. The van der Waals surface area contributed by atoms with Crippen molar-refractivity contribution in [1.82, 2.24) is 19.9 Å². The van der Waals surface area contributed by atoms with Crippen LogP contribution in [0.4, 0.5) is 0 Å². The summed E-state index contributed by atoms with van der Waals surface area (Å²) in [6.45, 7) is 1.15. The van der Waals surface area contributed by atoms with Crippen LogP contribution in [0.15, 0.2) is 59.7 Å². The van der Waals surface area contributed by atoms with Gasteiger partial charge in [-0.2, -0.15) is 0 Å². The number of pyridine rings is 1. The molecule has 112 valence electrons. The van der Waals surface area contributed by atoms with Gasteiger partial charge >= 0.3 is 0 Å². The lowest BCUT2D eigenvalue weighted by Crippen LogP contribution is -2.33. The first kappa shape index (κ1) is 14.1. The summed E-state index contributed by atoms with van der Waals surface area (Å²) in [5.74, 6) is 1.19. The van der Waals surface area contributed by atoms with Crippen molar-refractivity contribution in [2.75, 3.05) is 6.54 Å². The van der Waals surface area contributed by atoms with Gasteiger partial charge in [0.1, 0.15) is 6.54 Å². The Hall–Kier alpha value is -2.89. The number of aliphatic imine (C=N–C) groups is 1. The summed E-state index contributed by atoms with van der Waals surface area (Å²) >= 11 is 0. The monoisotopic (exact) mass is 294 g/mol. The van der Waals surface area contributed by atoms with Gasteiger partial charge in [-0.25, -0.2) is 4.99 Å². The van der Waals surface area contributed by atoms with Crippen LogP contribution < -0.4 is 11.1 Å². The van der Waals surface area contributed by atoms with Crippen LogP contribution in [-0.4, -0.2) is 27.1 Å². The maximum atomic E-state index is 5.88. The molecule has 0 saturated carbocycles. The van der Waals surface area contributed by atoms with Gasteiger partial charge in [-0.05, 0) is 24.1 Å². The number of rotatable bonds is 5. The second kappa shape index (κ2) is 6.71. The SMILES string of the molecule is NC(=NCc1nnc2ccccn12)NCCc1ccccc1. The van der Waals surface area contributed by atoms with E-state index in [1.54, 1.807) is 0 Å². The summed E-state index contributed by atoms with van der Waals surface area (Å²) in [5, 5.41) is 11.3. The summed E-state index contributed by atoms with van der Waals surface area (Å²) in [6, 6.07) is 16.0. The van der Waals surface area contributed by atoms with Crippen LogP contribution in [0.2, 0.25) is 0 Å². The van der Waals surface area contributed by atoms with E-state index >= 15 is 0 Å². The van der Waals surface area contributed by atoms with Crippen LogP contribution in [-0.2, 0) is 13.0 Å². The van der Waals surface area contributed by atoms with Gasteiger partial charge in [0.15, 0.2) is 17.4 Å². The van der Waals surface area contributed by atoms with E-state index in [2.05, 4.69) is 32.6 Å². The van der Waals surface area contributed by atoms with Crippen LogP contribution in [0.25, 0.3) is 5.65 Å². The Balaban J connectivity index is 1.54. The molecule has 22 heavy (non-hydrogen) atoms. The van der Waals surface area contributed by atoms with Crippen molar-refractivity contribution in [3.8, 4) is 0 Å². The molecule has 0 atom stereocenters. The molecule has 0 bridgehead atoms. The molecule has 0 aliphatic heterocycles. The highest BCUT2D eigenvalue weighted by molar-refractivity contribution is 5.77. The van der Waals surface area contributed by atoms with Gasteiger partial charge in [0.05, 0.1) is 0 Å². The molecular formula is C16H18N6. The third-order valence-corrected chi connectivity index (χ3v) is 3.34. The molecule has 0 amide bonds. The summed E-state index contributed by atoms with van der Waals surface area (Å²) in [5.41, 5.74) is 7.96. The van der Waals surface area contributed by atoms with E-state index in [-0.39, 0.29) is 0 Å². The molecule has 1 aromatic carbocycles. The lowest BCUT2D eigenvalue weighted by atomic mass is 10.1. The fourth-order valence-corrected chi connectivity index (χ4v) is 2.19. The second-order valence-corrected chi connectivity index (χ2v) is 4.91. The van der Waals surface area contributed by atoms with Gasteiger partial charge in [0, 0.05) is 12.7 Å². The van der Waals surface area contributed by atoms with Crippen LogP contribution in [0, 0.1) is 0 Å². The Morgan fingerprint density at radius 3 is 2.77 bits per heavy atom. The zero-order valence-corrected chi connectivity index (χ0v) is 12.2. The minimum atomic E-state index is 0.398. The second-order valence-electron chi connectivity index (χ2n) is 4.91. The molecule has 0 aliphatic rings. The van der Waals surface area contributed by atoms with Crippen molar-refractivity contribution in [1.29, 1.82) is 0 Å². The molecule has 3 aromatic rings. The van der Waals surface area contributed by atoms with Crippen LogP contribution in [0.1, 0.15) is 11.4 Å².